The summed E-state index contributed by atoms with van der Waals surface area (Å²) in [6.45, 7) is 2.84. The fraction of sp³-hybridized carbons (Fsp3) is 0.440. The Kier molecular flexibility index (Phi) is 7.23. The van der Waals surface area contributed by atoms with E-state index in [0.29, 0.717) is 18.0 Å². The number of piperidine rings is 1. The molecule has 2 fully saturated rings. The van der Waals surface area contributed by atoms with Gasteiger partial charge in [-0.25, -0.2) is 8.42 Å². The number of amides is 2. The first kappa shape index (κ1) is 24.2. The molecule has 0 bridgehead atoms. The van der Waals surface area contributed by atoms with Crippen LogP contribution in [0.25, 0.3) is 0 Å². The molecule has 0 aromatic heterocycles. The van der Waals surface area contributed by atoms with Gasteiger partial charge in [-0.15, -0.1) is 0 Å². The topological polar surface area (TPSA) is 96.0 Å². The van der Waals surface area contributed by atoms with Crippen LogP contribution in [0.5, 0.6) is 5.75 Å². The Hall–Kier alpha value is -2.91. The average molecular weight is 486 g/mol. The summed E-state index contributed by atoms with van der Waals surface area (Å²) in [5.74, 6) is -0.168. The van der Waals surface area contributed by atoms with Crippen LogP contribution in [-0.4, -0.2) is 50.8 Å². The molecule has 2 amide bonds. The van der Waals surface area contributed by atoms with E-state index in [1.54, 1.807) is 52.7 Å². The van der Waals surface area contributed by atoms with E-state index >= 15 is 0 Å². The van der Waals surface area contributed by atoms with Gasteiger partial charge in [-0.05, 0) is 67.8 Å². The van der Waals surface area contributed by atoms with Gasteiger partial charge in [0.25, 0.3) is 0 Å². The largest absolute Gasteiger partial charge is 0.497 e. The molecule has 9 heteroatoms. The number of ether oxygens (including phenoxy) is 1. The lowest BCUT2D eigenvalue weighted by molar-refractivity contribution is -0.122. The van der Waals surface area contributed by atoms with Crippen LogP contribution in [0.4, 0.5) is 11.4 Å². The zero-order valence-corrected chi connectivity index (χ0v) is 20.4. The first-order valence-corrected chi connectivity index (χ1v) is 13.1. The third kappa shape index (κ3) is 4.95. The maximum absolute atomic E-state index is 13.1. The highest BCUT2D eigenvalue weighted by Gasteiger charge is 2.35. The van der Waals surface area contributed by atoms with E-state index in [-0.39, 0.29) is 35.7 Å². The number of hydrogen-bond acceptors (Lipinski definition) is 5. The van der Waals surface area contributed by atoms with Crippen molar-refractivity contribution in [2.45, 2.75) is 50.0 Å². The monoisotopic (exact) mass is 485 g/mol. The summed E-state index contributed by atoms with van der Waals surface area (Å²) in [4.78, 5) is 27.1. The van der Waals surface area contributed by atoms with Crippen molar-refractivity contribution in [1.82, 2.24) is 4.31 Å². The van der Waals surface area contributed by atoms with E-state index in [4.69, 9.17) is 4.74 Å². The van der Waals surface area contributed by atoms with E-state index in [9.17, 15) is 18.0 Å². The molecule has 34 heavy (non-hydrogen) atoms. The fourth-order valence-electron chi connectivity index (χ4n) is 4.68. The van der Waals surface area contributed by atoms with Crippen molar-refractivity contribution in [2.75, 3.05) is 30.4 Å². The molecule has 2 unspecified atom stereocenters. The lowest BCUT2D eigenvalue weighted by Crippen LogP contribution is -2.43. The highest BCUT2D eigenvalue weighted by Crippen LogP contribution is 2.29. The Labute approximate surface area is 200 Å². The van der Waals surface area contributed by atoms with E-state index in [0.717, 1.165) is 31.4 Å². The molecule has 2 heterocycles. The maximum atomic E-state index is 13.1. The number of carbonyl (C=O) groups excluding carboxylic acids is 2. The molecular formula is C25H31N3O5S. The van der Waals surface area contributed by atoms with Gasteiger partial charge in [-0.3, -0.25) is 9.59 Å². The summed E-state index contributed by atoms with van der Waals surface area (Å²) < 4.78 is 33.0. The summed E-state index contributed by atoms with van der Waals surface area (Å²) in [7, 11) is -2.00. The van der Waals surface area contributed by atoms with Crippen LogP contribution in [0, 0.1) is 5.92 Å². The summed E-state index contributed by atoms with van der Waals surface area (Å²) in [6.07, 6.45) is 3.73. The van der Waals surface area contributed by atoms with Crippen molar-refractivity contribution in [3.63, 3.8) is 0 Å². The molecule has 0 radical (unpaired) electrons. The number of hydrogen-bond donors (Lipinski definition) is 1. The van der Waals surface area contributed by atoms with E-state index in [2.05, 4.69) is 5.32 Å². The predicted molar refractivity (Wildman–Crippen MR) is 130 cm³/mol. The van der Waals surface area contributed by atoms with Gasteiger partial charge in [-0.2, -0.15) is 4.31 Å². The number of benzene rings is 2. The first-order chi connectivity index (χ1) is 16.3. The molecule has 2 aromatic rings. The van der Waals surface area contributed by atoms with E-state index in [1.807, 2.05) is 6.92 Å². The second-order valence-corrected chi connectivity index (χ2v) is 10.7. The number of anilines is 2. The molecule has 2 atom stereocenters. The molecule has 0 spiro atoms. The molecule has 0 aliphatic carbocycles. The zero-order valence-electron chi connectivity index (χ0n) is 19.6. The van der Waals surface area contributed by atoms with Crippen LogP contribution in [0.3, 0.4) is 0 Å². The van der Waals surface area contributed by atoms with Gasteiger partial charge < -0.3 is 15.0 Å². The minimum absolute atomic E-state index is 0.0340. The molecule has 1 N–H and O–H groups in total. The van der Waals surface area contributed by atoms with Crippen molar-refractivity contribution in [1.29, 1.82) is 0 Å². The Bertz CT molecular complexity index is 1130. The van der Waals surface area contributed by atoms with Gasteiger partial charge in [0.2, 0.25) is 21.8 Å². The third-order valence-corrected chi connectivity index (χ3v) is 8.62. The van der Waals surface area contributed by atoms with Gasteiger partial charge in [0.05, 0.1) is 17.9 Å². The maximum Gasteiger partial charge on any atom is 0.243 e. The van der Waals surface area contributed by atoms with Crippen LogP contribution in [0.2, 0.25) is 0 Å². The fourth-order valence-corrected chi connectivity index (χ4v) is 6.45. The third-order valence-electron chi connectivity index (χ3n) is 6.65. The molecule has 4 rings (SSSR count). The average Bonchev–Trinajstić information content (AvgIpc) is 3.26. The minimum atomic E-state index is -3.57. The molecule has 2 aromatic carbocycles. The SMILES string of the molecule is CCC1CCCCN1S(=O)(=O)c1ccc(NC(=O)C2CC(=O)N(c3ccc(OC)cc3)C2)cc1. The predicted octanol–water partition coefficient (Wildman–Crippen LogP) is 3.64. The number of nitrogens with one attached hydrogen (secondary N) is 1. The van der Waals surface area contributed by atoms with Gasteiger partial charge in [0.1, 0.15) is 5.75 Å². The number of methoxy groups -OCH3 is 1. The summed E-state index contributed by atoms with van der Waals surface area (Å²) in [6, 6.07) is 13.5. The molecule has 2 aliphatic heterocycles. The lowest BCUT2D eigenvalue weighted by Gasteiger charge is -2.34. The second-order valence-electron chi connectivity index (χ2n) is 8.79. The zero-order chi connectivity index (χ0) is 24.3. The summed E-state index contributed by atoms with van der Waals surface area (Å²) in [5.41, 5.74) is 1.23. The first-order valence-electron chi connectivity index (χ1n) is 11.7. The van der Waals surface area contributed by atoms with E-state index < -0.39 is 15.9 Å². The second kappa shape index (κ2) is 10.1. The van der Waals surface area contributed by atoms with Crippen LogP contribution in [0.1, 0.15) is 39.0 Å². The molecular weight excluding hydrogens is 454 g/mol. The number of rotatable bonds is 7. The minimum Gasteiger partial charge on any atom is -0.497 e. The van der Waals surface area contributed by atoms with Crippen LogP contribution < -0.4 is 15.0 Å². The molecule has 2 aliphatic rings. The van der Waals surface area contributed by atoms with E-state index in [1.165, 1.54) is 12.1 Å². The normalized spacial score (nSPS) is 21.5. The van der Waals surface area contributed by atoms with Crippen molar-refractivity contribution < 1.29 is 22.7 Å². The summed E-state index contributed by atoms with van der Waals surface area (Å²) >= 11 is 0. The Morgan fingerprint density at radius 2 is 1.79 bits per heavy atom. The number of nitrogens with zero attached hydrogens (tertiary/aromatic N) is 2. The highest BCUT2D eigenvalue weighted by atomic mass is 32.2. The Morgan fingerprint density at radius 3 is 2.44 bits per heavy atom. The highest BCUT2D eigenvalue weighted by molar-refractivity contribution is 7.89. The van der Waals surface area contributed by atoms with Crippen LogP contribution >= 0.6 is 0 Å². The standard InChI is InChI=1S/C25H31N3O5S/c1-3-20-6-4-5-15-28(20)34(31,32)23-13-7-19(8-14-23)26-25(30)18-16-24(29)27(17-18)21-9-11-22(33-2)12-10-21/h7-14,18,20H,3-6,15-17H2,1-2H3,(H,26,30). The van der Waals surface area contributed by atoms with Gasteiger partial charge in [0, 0.05) is 36.9 Å². The van der Waals surface area contributed by atoms with Crippen LogP contribution in [-0.2, 0) is 19.6 Å². The molecule has 8 nitrogen and oxygen atoms in total. The van der Waals surface area contributed by atoms with Crippen molar-refractivity contribution >= 4 is 33.2 Å². The lowest BCUT2D eigenvalue weighted by atomic mass is 10.0. The quantitative estimate of drug-likeness (QED) is 0.646. The van der Waals surface area contributed by atoms with Gasteiger partial charge in [0.15, 0.2) is 0 Å². The Morgan fingerprint density at radius 1 is 1.09 bits per heavy atom. The molecule has 182 valence electrons. The number of carbonyl (C=O) groups is 2. The van der Waals surface area contributed by atoms with Gasteiger partial charge in [-0.1, -0.05) is 13.3 Å². The smallest absolute Gasteiger partial charge is 0.243 e. The summed E-state index contributed by atoms with van der Waals surface area (Å²) in [5, 5.41) is 2.83. The number of sulfonamides is 1. The van der Waals surface area contributed by atoms with Crippen LogP contribution in [0.15, 0.2) is 53.4 Å². The molecule has 2 saturated heterocycles. The van der Waals surface area contributed by atoms with Crippen molar-refractivity contribution in [3.05, 3.63) is 48.5 Å². The van der Waals surface area contributed by atoms with Crippen molar-refractivity contribution in [2.24, 2.45) is 5.92 Å². The van der Waals surface area contributed by atoms with Crippen molar-refractivity contribution in [3.8, 4) is 5.75 Å². The Balaban J connectivity index is 1.40. The molecule has 0 saturated carbocycles. The van der Waals surface area contributed by atoms with Gasteiger partial charge >= 0.3 is 0 Å².